The van der Waals surface area contributed by atoms with Gasteiger partial charge in [-0.25, -0.2) is 0 Å². The third-order valence-electron chi connectivity index (χ3n) is 20.5. The lowest BCUT2D eigenvalue weighted by Crippen LogP contribution is -2.46. The quantitative estimate of drug-likeness (QED) is 0.0349. The molecule has 0 fully saturated rings. The monoisotopic (exact) mass is 1520 g/mol. The maximum Gasteiger partial charge on any atom is 0.119 e. The van der Waals surface area contributed by atoms with Gasteiger partial charge in [-0.2, -0.15) is 15.2 Å². The molecule has 0 aliphatic rings. The second kappa shape index (κ2) is 40.3. The number of ether oxygens (including phenoxy) is 2. The van der Waals surface area contributed by atoms with E-state index < -0.39 is 0 Å². The predicted octanol–water partition coefficient (Wildman–Crippen LogP) is 27.1. The van der Waals surface area contributed by atoms with E-state index in [0.717, 1.165) is 56.0 Å². The van der Waals surface area contributed by atoms with Crippen LogP contribution >= 0.6 is 11.6 Å². The largest absolute Gasteiger partial charge is 0.508 e. The average molecular weight is 1520 g/mol. The molecule has 111 heavy (non-hydrogen) atoms. The number of benzene rings is 10. The number of hydrogen-bond acceptors (Lipinski definition) is 10. The van der Waals surface area contributed by atoms with Crippen molar-refractivity contribution in [1.82, 2.24) is 15.2 Å². The molecule has 0 aliphatic heterocycles. The summed E-state index contributed by atoms with van der Waals surface area (Å²) < 4.78 is 12.5. The minimum Gasteiger partial charge on any atom is -0.508 e. The molecule has 0 radical (unpaired) electrons. The second-order valence-corrected chi connectivity index (χ2v) is 34.6. The van der Waals surface area contributed by atoms with Gasteiger partial charge in [0.1, 0.15) is 54.5 Å². The lowest BCUT2D eigenvalue weighted by Gasteiger charge is -2.44. The summed E-state index contributed by atoms with van der Waals surface area (Å²) in [6.07, 6.45) is -0.274. The van der Waals surface area contributed by atoms with E-state index >= 15 is 0 Å². The van der Waals surface area contributed by atoms with Gasteiger partial charge in [0.25, 0.3) is 0 Å². The summed E-state index contributed by atoms with van der Waals surface area (Å²) in [7, 11) is 0. The minimum absolute atomic E-state index is 0. The molecule has 10 nitrogen and oxygen atoms in total. The zero-order valence-electron chi connectivity index (χ0n) is 69.8. The first-order valence-corrected chi connectivity index (χ1v) is 39.9. The van der Waals surface area contributed by atoms with E-state index in [0.29, 0.717) is 36.8 Å². The number of alkyl halides is 1. The fourth-order valence-corrected chi connectivity index (χ4v) is 14.1. The van der Waals surface area contributed by atoms with Crippen molar-refractivity contribution in [3.05, 3.63) is 333 Å². The maximum absolute atomic E-state index is 9.30. The maximum atomic E-state index is 9.30. The smallest absolute Gasteiger partial charge is 0.119 e. The van der Waals surface area contributed by atoms with Crippen LogP contribution in [0.4, 0.5) is 0 Å². The topological polar surface area (TPSA) is 96.3 Å². The van der Waals surface area contributed by atoms with Gasteiger partial charge in [0.05, 0.1) is 18.1 Å². The highest BCUT2D eigenvalue weighted by atomic mass is 35.5. The zero-order chi connectivity index (χ0) is 80.3. The minimum atomic E-state index is -0.210. The van der Waals surface area contributed by atoms with Crippen molar-refractivity contribution in [1.29, 1.82) is 0 Å². The van der Waals surface area contributed by atoms with E-state index in [9.17, 15) is 10.2 Å². The van der Waals surface area contributed by atoms with Gasteiger partial charge in [-0.05, 0) is 222 Å². The molecule has 0 heterocycles. The summed E-state index contributed by atoms with van der Waals surface area (Å²) in [4.78, 5) is 20.1. The van der Waals surface area contributed by atoms with Crippen molar-refractivity contribution in [2.75, 3.05) is 0 Å². The molecule has 6 unspecified atom stereocenters. The van der Waals surface area contributed by atoms with Crippen molar-refractivity contribution < 1.29 is 34.2 Å². The first-order chi connectivity index (χ1) is 51.9. The number of hydrogen-bond donors (Lipinski definition) is 2. The summed E-state index contributed by atoms with van der Waals surface area (Å²) in [5.41, 5.74) is 14.4. The van der Waals surface area contributed by atoms with Crippen molar-refractivity contribution >= 4 is 11.6 Å². The molecule has 0 amide bonds. The van der Waals surface area contributed by atoms with Crippen LogP contribution in [0.3, 0.4) is 0 Å². The molecule has 11 heteroatoms. The van der Waals surface area contributed by atoms with E-state index in [1.807, 2.05) is 24.3 Å². The Labute approximate surface area is 673 Å². The third-order valence-corrected chi connectivity index (χ3v) is 20.8. The molecule has 10 aromatic carbocycles. The third kappa shape index (κ3) is 25.2. The number of phenolic OH excluding ortho intramolecular Hbond substituents is 2. The van der Waals surface area contributed by atoms with E-state index in [2.05, 4.69) is 380 Å². The van der Waals surface area contributed by atoms with Gasteiger partial charge in [-0.15, -0.1) is 11.6 Å². The number of rotatable bonds is 29. The van der Waals surface area contributed by atoms with Gasteiger partial charge in [0.2, 0.25) is 0 Å². The van der Waals surface area contributed by atoms with Gasteiger partial charge >= 0.3 is 0 Å². The average Bonchev–Trinajstić information content (AvgIpc) is 0.828. The molecule has 0 aliphatic carbocycles. The Morgan fingerprint density at radius 2 is 0.514 bits per heavy atom. The molecule has 6 atom stereocenters. The van der Waals surface area contributed by atoms with Crippen molar-refractivity contribution in [3.8, 4) is 23.0 Å². The standard InChI is InChI=1S/C61H78N2O4.C23H32ClNO.C15H16O2.CH4/c1-43(2)57(51-21-17-15-18-22-51)62(59(7,8)9)66-45(5)49-29-25-47(26-30-49)41-64-55-37-33-53(34-38-55)61(13,14)54-35-39-56(40-36-54)65-42-48-27-31-50(32-28-48)46(6)67-63(60(10,11)12)58(44(3)4)52-23-19-16-20-24-52;1-17(2)22(21-10-8-7-9-11-21)25(23(4,5)6)26-18(3)20-14-12-19(16-24)13-15-20;1-15(2,11-3-7-13(16)8-4-11)12-5-9-14(17)10-6-12;/h15-40,43-46,57-58H,41-42H2,1-14H3;7-15,17-18,22H,16H2,1-6H3;3-10,16-17H,1-2H3;1H4. The fourth-order valence-electron chi connectivity index (χ4n) is 13.9. The van der Waals surface area contributed by atoms with Gasteiger partial charge in [-0.3, -0.25) is 14.5 Å². The molecular formula is C100H130ClN3O7. The van der Waals surface area contributed by atoms with Gasteiger partial charge in [0.15, 0.2) is 0 Å². The number of aromatic hydroxyl groups is 2. The number of hydroxylamine groups is 6. The number of phenols is 2. The fraction of sp³-hybridized carbons (Fsp3) is 0.400. The Hall–Kier alpha value is -8.55. The zero-order valence-corrected chi connectivity index (χ0v) is 70.6. The Kier molecular flexibility index (Phi) is 32.5. The molecular weight excluding hydrogens is 1390 g/mol. The molecule has 0 bridgehead atoms. The summed E-state index contributed by atoms with van der Waals surface area (Å²) in [5.74, 6) is 3.93. The molecule has 0 saturated heterocycles. The summed E-state index contributed by atoms with van der Waals surface area (Å²) >= 11 is 5.91. The van der Waals surface area contributed by atoms with Crippen LogP contribution in [0.1, 0.15) is 269 Å². The Balaban J connectivity index is 0.000000314. The second-order valence-electron chi connectivity index (χ2n) is 34.4. The SMILES string of the molecule is C.CC(C)(c1ccc(O)cc1)c1ccc(O)cc1.CC(ON(C(c1ccccc1)C(C)C)C(C)(C)C)c1ccc(CCl)cc1.CC(ON(C(c1ccccc1)C(C)C)C(C)(C)C)c1ccc(COc2ccc(C(C)(C)c3ccc(OCc4ccc(C(C)ON(C(c5ccccc5)C(C)C)C(C)(C)C)cc4)cc3)cc2)cc1. The Morgan fingerprint density at radius 3 is 0.730 bits per heavy atom. The first kappa shape index (κ1) is 89.7. The van der Waals surface area contributed by atoms with Crippen LogP contribution in [0.5, 0.6) is 23.0 Å². The number of nitrogens with zero attached hydrogens (tertiary/aromatic N) is 3. The van der Waals surface area contributed by atoms with Crippen LogP contribution in [0.25, 0.3) is 0 Å². The first-order valence-electron chi connectivity index (χ1n) is 39.4. The van der Waals surface area contributed by atoms with Crippen LogP contribution in [-0.4, -0.2) is 42.0 Å². The van der Waals surface area contributed by atoms with E-state index in [1.165, 1.54) is 27.8 Å². The van der Waals surface area contributed by atoms with Crippen molar-refractivity contribution in [2.45, 2.75) is 243 Å². The predicted molar refractivity (Wildman–Crippen MR) is 463 cm³/mol. The normalized spacial score (nSPS) is 13.8. The molecule has 0 spiro atoms. The lowest BCUT2D eigenvalue weighted by atomic mass is 9.78. The Bertz CT molecular complexity index is 4090. The van der Waals surface area contributed by atoms with E-state index in [1.54, 1.807) is 24.3 Å². The summed E-state index contributed by atoms with van der Waals surface area (Å²) in [5, 5.41) is 25.2. The number of halogens is 1. The molecule has 0 saturated carbocycles. The molecule has 10 rings (SSSR count). The summed E-state index contributed by atoms with van der Waals surface area (Å²) in [6, 6.07) is 89.4. The summed E-state index contributed by atoms with van der Waals surface area (Å²) in [6.45, 7) is 49.6. The van der Waals surface area contributed by atoms with Gasteiger partial charge in [0, 0.05) is 33.3 Å². The van der Waals surface area contributed by atoms with Crippen LogP contribution in [0.2, 0.25) is 0 Å². The highest BCUT2D eigenvalue weighted by Gasteiger charge is 2.38. The molecule has 0 aromatic heterocycles. The lowest BCUT2D eigenvalue weighted by molar-refractivity contribution is -0.272. The molecule has 10 aromatic rings. The highest BCUT2D eigenvalue weighted by molar-refractivity contribution is 6.17. The molecule has 2 N–H and O–H groups in total. The van der Waals surface area contributed by atoms with Crippen molar-refractivity contribution in [2.24, 2.45) is 17.8 Å². The van der Waals surface area contributed by atoms with Crippen LogP contribution < -0.4 is 9.47 Å². The van der Waals surface area contributed by atoms with Gasteiger partial charge in [-0.1, -0.05) is 289 Å². The van der Waals surface area contributed by atoms with Crippen molar-refractivity contribution in [3.63, 3.8) is 0 Å². The Morgan fingerprint density at radius 1 is 0.288 bits per heavy atom. The van der Waals surface area contributed by atoms with Crippen LogP contribution in [0, 0.1) is 17.8 Å². The highest BCUT2D eigenvalue weighted by Crippen LogP contribution is 2.42. The van der Waals surface area contributed by atoms with Crippen LogP contribution in [-0.2, 0) is 44.4 Å². The van der Waals surface area contributed by atoms with Crippen LogP contribution in [0.15, 0.2) is 261 Å². The van der Waals surface area contributed by atoms with E-state index in [-0.39, 0.29) is 82.8 Å². The van der Waals surface area contributed by atoms with Gasteiger partial charge < -0.3 is 19.7 Å². The molecule has 594 valence electrons. The van der Waals surface area contributed by atoms with E-state index in [4.69, 9.17) is 35.6 Å².